The molecular weight excluding hydrogens is 256 g/mol. The number of nitrogens with zero attached hydrogens (tertiary/aromatic N) is 1. The lowest BCUT2D eigenvalue weighted by atomic mass is 9.92. The standard InChI is InChI=1S/C16H20N2.ClH/c1-2-11-17-16-12-7-3-5-9-14(12)18-15-10-6-4-8-13(15)16;/h3,5,7,9H,2,4,6,8,10-11H2,1H3,(H,17,18);1H. The molecule has 3 heteroatoms. The van der Waals surface area contributed by atoms with Crippen LogP contribution in [0.15, 0.2) is 24.3 Å². The molecule has 1 N–H and O–H groups in total. The second kappa shape index (κ2) is 6.25. The van der Waals surface area contributed by atoms with Gasteiger partial charge in [-0.25, -0.2) is 0 Å². The van der Waals surface area contributed by atoms with Crippen LogP contribution < -0.4 is 5.32 Å². The predicted octanol–water partition coefficient (Wildman–Crippen LogP) is 4.36. The topological polar surface area (TPSA) is 24.9 Å². The Morgan fingerprint density at radius 2 is 1.95 bits per heavy atom. The minimum Gasteiger partial charge on any atom is -0.384 e. The quantitative estimate of drug-likeness (QED) is 0.901. The van der Waals surface area contributed by atoms with Crippen LogP contribution in [0.5, 0.6) is 0 Å². The zero-order chi connectivity index (χ0) is 12.4. The van der Waals surface area contributed by atoms with Crippen molar-refractivity contribution in [3.8, 4) is 0 Å². The van der Waals surface area contributed by atoms with E-state index in [1.165, 1.54) is 41.6 Å². The number of para-hydroxylation sites is 1. The first kappa shape index (κ1) is 14.1. The number of nitrogens with one attached hydrogen (secondary N) is 1. The molecule has 19 heavy (non-hydrogen) atoms. The van der Waals surface area contributed by atoms with E-state index in [0.29, 0.717) is 0 Å². The Labute approximate surface area is 121 Å². The summed E-state index contributed by atoms with van der Waals surface area (Å²) >= 11 is 0. The summed E-state index contributed by atoms with van der Waals surface area (Å²) < 4.78 is 0. The zero-order valence-corrected chi connectivity index (χ0v) is 12.2. The van der Waals surface area contributed by atoms with Gasteiger partial charge in [-0.2, -0.15) is 0 Å². The van der Waals surface area contributed by atoms with Gasteiger partial charge in [-0.15, -0.1) is 12.4 Å². The van der Waals surface area contributed by atoms with Crippen LogP contribution in [0.1, 0.15) is 37.4 Å². The molecule has 1 heterocycles. The van der Waals surface area contributed by atoms with E-state index < -0.39 is 0 Å². The summed E-state index contributed by atoms with van der Waals surface area (Å²) in [5, 5.41) is 4.91. The average Bonchev–Trinajstić information content (AvgIpc) is 2.43. The van der Waals surface area contributed by atoms with Crippen molar-refractivity contribution in [2.75, 3.05) is 11.9 Å². The first-order chi connectivity index (χ1) is 8.90. The number of aromatic nitrogens is 1. The first-order valence-electron chi connectivity index (χ1n) is 7.04. The van der Waals surface area contributed by atoms with E-state index in [4.69, 9.17) is 4.98 Å². The molecule has 0 saturated carbocycles. The molecule has 0 radical (unpaired) electrons. The molecule has 1 aromatic carbocycles. The molecule has 0 aliphatic heterocycles. The molecule has 0 spiro atoms. The minimum atomic E-state index is 0. The maximum Gasteiger partial charge on any atom is 0.0726 e. The van der Waals surface area contributed by atoms with E-state index in [2.05, 4.69) is 36.5 Å². The smallest absolute Gasteiger partial charge is 0.0726 e. The third-order valence-electron chi connectivity index (χ3n) is 3.72. The van der Waals surface area contributed by atoms with Crippen molar-refractivity contribution in [2.24, 2.45) is 0 Å². The molecule has 0 saturated heterocycles. The second-order valence-corrected chi connectivity index (χ2v) is 5.06. The summed E-state index contributed by atoms with van der Waals surface area (Å²) in [7, 11) is 0. The first-order valence-corrected chi connectivity index (χ1v) is 7.04. The Morgan fingerprint density at radius 3 is 2.79 bits per heavy atom. The molecule has 1 aromatic heterocycles. The molecule has 1 aliphatic carbocycles. The maximum atomic E-state index is 4.84. The van der Waals surface area contributed by atoms with Crippen molar-refractivity contribution < 1.29 is 0 Å². The van der Waals surface area contributed by atoms with E-state index in [0.717, 1.165) is 24.9 Å². The van der Waals surface area contributed by atoms with Crippen molar-refractivity contribution in [1.82, 2.24) is 4.98 Å². The Balaban J connectivity index is 0.00000133. The predicted molar refractivity (Wildman–Crippen MR) is 84.4 cm³/mol. The van der Waals surface area contributed by atoms with Crippen molar-refractivity contribution in [3.05, 3.63) is 35.5 Å². The van der Waals surface area contributed by atoms with Gasteiger partial charge in [0.2, 0.25) is 0 Å². The number of benzene rings is 1. The lowest BCUT2D eigenvalue weighted by Gasteiger charge is -2.21. The van der Waals surface area contributed by atoms with Crippen LogP contribution in [0.4, 0.5) is 5.69 Å². The molecule has 0 fully saturated rings. The van der Waals surface area contributed by atoms with Gasteiger partial charge in [0.05, 0.1) is 5.52 Å². The van der Waals surface area contributed by atoms with Crippen LogP contribution in [-0.2, 0) is 12.8 Å². The van der Waals surface area contributed by atoms with Crippen molar-refractivity contribution in [1.29, 1.82) is 0 Å². The summed E-state index contributed by atoms with van der Waals surface area (Å²) in [6.07, 6.45) is 6.06. The summed E-state index contributed by atoms with van der Waals surface area (Å²) in [5.41, 5.74) is 5.26. The summed E-state index contributed by atoms with van der Waals surface area (Å²) in [6, 6.07) is 8.50. The van der Waals surface area contributed by atoms with Crippen LogP contribution >= 0.6 is 12.4 Å². The molecule has 1 aliphatic rings. The number of aryl methyl sites for hydroxylation is 1. The highest BCUT2D eigenvalue weighted by molar-refractivity contribution is 5.93. The number of rotatable bonds is 3. The zero-order valence-electron chi connectivity index (χ0n) is 11.4. The van der Waals surface area contributed by atoms with Crippen LogP contribution in [0.25, 0.3) is 10.9 Å². The monoisotopic (exact) mass is 276 g/mol. The molecule has 2 aromatic rings. The normalized spacial score (nSPS) is 13.7. The Morgan fingerprint density at radius 1 is 1.16 bits per heavy atom. The third-order valence-corrected chi connectivity index (χ3v) is 3.72. The summed E-state index contributed by atoms with van der Waals surface area (Å²) in [4.78, 5) is 4.84. The Hall–Kier alpha value is -1.28. The maximum absolute atomic E-state index is 4.84. The lowest BCUT2D eigenvalue weighted by Crippen LogP contribution is -2.11. The highest BCUT2D eigenvalue weighted by atomic mass is 35.5. The molecule has 0 unspecified atom stereocenters. The molecule has 3 rings (SSSR count). The van der Waals surface area contributed by atoms with Gasteiger partial charge in [-0.3, -0.25) is 4.98 Å². The van der Waals surface area contributed by atoms with E-state index in [-0.39, 0.29) is 12.4 Å². The van der Waals surface area contributed by atoms with Crippen molar-refractivity contribution in [3.63, 3.8) is 0 Å². The van der Waals surface area contributed by atoms with E-state index in [1.807, 2.05) is 0 Å². The number of hydrogen-bond acceptors (Lipinski definition) is 2. The molecule has 0 bridgehead atoms. The fourth-order valence-corrected chi connectivity index (χ4v) is 2.82. The third kappa shape index (κ3) is 2.69. The Bertz CT molecular complexity index is 566. The van der Waals surface area contributed by atoms with Crippen LogP contribution in [0.2, 0.25) is 0 Å². The van der Waals surface area contributed by atoms with Gasteiger partial charge in [-0.1, -0.05) is 25.1 Å². The molecular formula is C16H21ClN2. The van der Waals surface area contributed by atoms with Crippen molar-refractivity contribution >= 4 is 29.0 Å². The molecule has 2 nitrogen and oxygen atoms in total. The van der Waals surface area contributed by atoms with Gasteiger partial charge in [0.15, 0.2) is 0 Å². The van der Waals surface area contributed by atoms with E-state index >= 15 is 0 Å². The number of anilines is 1. The SMILES string of the molecule is CCCNc1c2c(nc3ccccc13)CCCC2.Cl. The summed E-state index contributed by atoms with van der Waals surface area (Å²) in [6.45, 7) is 3.25. The van der Waals surface area contributed by atoms with Crippen molar-refractivity contribution in [2.45, 2.75) is 39.0 Å². The number of pyridine rings is 1. The van der Waals surface area contributed by atoms with Crippen LogP contribution in [-0.4, -0.2) is 11.5 Å². The van der Waals surface area contributed by atoms with Gasteiger partial charge in [0, 0.05) is 23.3 Å². The average molecular weight is 277 g/mol. The van der Waals surface area contributed by atoms with Gasteiger partial charge < -0.3 is 5.32 Å². The fraction of sp³-hybridized carbons (Fsp3) is 0.438. The second-order valence-electron chi connectivity index (χ2n) is 5.06. The highest BCUT2D eigenvalue weighted by Gasteiger charge is 2.17. The van der Waals surface area contributed by atoms with Gasteiger partial charge in [-0.05, 0) is 43.7 Å². The van der Waals surface area contributed by atoms with Gasteiger partial charge >= 0.3 is 0 Å². The molecule has 0 amide bonds. The minimum absolute atomic E-state index is 0. The number of halogens is 1. The largest absolute Gasteiger partial charge is 0.384 e. The van der Waals surface area contributed by atoms with E-state index in [1.54, 1.807) is 0 Å². The van der Waals surface area contributed by atoms with Crippen LogP contribution in [0, 0.1) is 0 Å². The molecule has 102 valence electrons. The lowest BCUT2D eigenvalue weighted by molar-refractivity contribution is 0.672. The highest BCUT2D eigenvalue weighted by Crippen LogP contribution is 2.33. The van der Waals surface area contributed by atoms with Gasteiger partial charge in [0.1, 0.15) is 0 Å². The Kier molecular flexibility index (Phi) is 4.65. The molecule has 0 atom stereocenters. The summed E-state index contributed by atoms with van der Waals surface area (Å²) in [5.74, 6) is 0. The number of hydrogen-bond donors (Lipinski definition) is 1. The van der Waals surface area contributed by atoms with E-state index in [9.17, 15) is 0 Å². The number of fused-ring (bicyclic) bond motifs is 2. The van der Waals surface area contributed by atoms with Gasteiger partial charge in [0.25, 0.3) is 0 Å². The fourth-order valence-electron chi connectivity index (χ4n) is 2.82. The van der Waals surface area contributed by atoms with Crippen LogP contribution in [0.3, 0.4) is 0 Å².